The zero-order valence-electron chi connectivity index (χ0n) is 13.7. The number of amides is 1. The van der Waals surface area contributed by atoms with Crippen LogP contribution < -0.4 is 5.32 Å². The van der Waals surface area contributed by atoms with E-state index in [1.807, 2.05) is 25.3 Å². The van der Waals surface area contributed by atoms with Gasteiger partial charge in [0.2, 0.25) is 10.0 Å². The van der Waals surface area contributed by atoms with Crippen LogP contribution in [0, 0.1) is 5.92 Å². The van der Waals surface area contributed by atoms with Crippen molar-refractivity contribution < 1.29 is 13.2 Å². The molecule has 1 fully saturated rings. The molecule has 1 saturated heterocycles. The van der Waals surface area contributed by atoms with E-state index in [0.717, 1.165) is 0 Å². The molecule has 0 saturated carbocycles. The van der Waals surface area contributed by atoms with Gasteiger partial charge >= 0.3 is 0 Å². The van der Waals surface area contributed by atoms with Gasteiger partial charge in [0.15, 0.2) is 0 Å². The maximum Gasteiger partial charge on any atom is 0.263 e. The number of sulfonamides is 1. The van der Waals surface area contributed by atoms with E-state index < -0.39 is 10.0 Å². The molecule has 0 spiro atoms. The minimum absolute atomic E-state index is 0.0170. The third-order valence-electron chi connectivity index (χ3n) is 3.69. The summed E-state index contributed by atoms with van der Waals surface area (Å²) in [4.78, 5) is 14.9. The van der Waals surface area contributed by atoms with Crippen molar-refractivity contribution in [2.45, 2.75) is 13.8 Å². The fourth-order valence-electron chi connectivity index (χ4n) is 2.55. The molecule has 0 atom stereocenters. The first-order chi connectivity index (χ1) is 10.9. The largest absolute Gasteiger partial charge is 0.337 e. The fraction of sp³-hybridized carbons (Fsp3) is 0.667. The van der Waals surface area contributed by atoms with Crippen LogP contribution in [0.1, 0.15) is 23.5 Å². The highest BCUT2D eigenvalue weighted by Crippen LogP contribution is 2.14. The van der Waals surface area contributed by atoms with Crippen molar-refractivity contribution in [1.29, 1.82) is 0 Å². The summed E-state index contributed by atoms with van der Waals surface area (Å²) in [6, 6.07) is 3.62. The van der Waals surface area contributed by atoms with E-state index in [1.54, 1.807) is 11.0 Å². The number of thiophene rings is 1. The van der Waals surface area contributed by atoms with Crippen molar-refractivity contribution in [2.24, 2.45) is 5.92 Å². The standard InChI is InChI=1S/C15H25N3O3S2/c1-13(2)12-17(15(19)14-4-3-10-22-14)9-11-23(20,21)18-7-5-16-6-8-18/h3-4,10,13,16H,5-9,11-12H2,1-2H3. The number of piperazine rings is 1. The third-order valence-corrected chi connectivity index (χ3v) is 6.40. The summed E-state index contributed by atoms with van der Waals surface area (Å²) in [5, 5.41) is 5.00. The Balaban J connectivity index is 2.01. The molecule has 1 N–H and O–H groups in total. The Morgan fingerprint density at radius 1 is 1.39 bits per heavy atom. The molecule has 2 heterocycles. The van der Waals surface area contributed by atoms with Crippen LogP contribution in [0.3, 0.4) is 0 Å². The third kappa shape index (κ3) is 5.27. The van der Waals surface area contributed by atoms with Gasteiger partial charge in [-0.1, -0.05) is 19.9 Å². The fourth-order valence-corrected chi connectivity index (χ4v) is 4.69. The van der Waals surface area contributed by atoms with Crippen LogP contribution >= 0.6 is 11.3 Å². The molecule has 1 aromatic rings. The van der Waals surface area contributed by atoms with Gasteiger partial charge < -0.3 is 10.2 Å². The van der Waals surface area contributed by atoms with Crippen molar-refractivity contribution in [1.82, 2.24) is 14.5 Å². The Bertz CT molecular complexity index is 593. The van der Waals surface area contributed by atoms with Crippen LogP contribution in [0.5, 0.6) is 0 Å². The zero-order valence-corrected chi connectivity index (χ0v) is 15.3. The first-order valence-corrected chi connectivity index (χ1v) is 10.4. The molecule has 1 aliphatic rings. The van der Waals surface area contributed by atoms with Crippen molar-refractivity contribution in [3.63, 3.8) is 0 Å². The molecule has 0 aliphatic carbocycles. The zero-order chi connectivity index (χ0) is 16.9. The normalized spacial score (nSPS) is 16.7. The van der Waals surface area contributed by atoms with Gasteiger partial charge in [-0.25, -0.2) is 8.42 Å². The highest BCUT2D eigenvalue weighted by Gasteiger charge is 2.26. The van der Waals surface area contributed by atoms with Crippen LogP contribution in [0.2, 0.25) is 0 Å². The number of carbonyl (C=O) groups excluding carboxylic acids is 1. The summed E-state index contributed by atoms with van der Waals surface area (Å²) in [7, 11) is -3.31. The van der Waals surface area contributed by atoms with E-state index in [-0.39, 0.29) is 18.2 Å². The Hall–Kier alpha value is -0.960. The SMILES string of the molecule is CC(C)CN(CCS(=O)(=O)N1CCNCC1)C(=O)c1cccs1. The molecular weight excluding hydrogens is 334 g/mol. The molecule has 1 aromatic heterocycles. The van der Waals surface area contributed by atoms with Crippen molar-refractivity contribution >= 4 is 27.3 Å². The van der Waals surface area contributed by atoms with E-state index in [9.17, 15) is 13.2 Å². The van der Waals surface area contributed by atoms with Gasteiger partial charge in [0, 0.05) is 39.3 Å². The monoisotopic (exact) mass is 359 g/mol. The lowest BCUT2D eigenvalue weighted by Crippen LogP contribution is -2.48. The summed E-state index contributed by atoms with van der Waals surface area (Å²) in [5.74, 6) is 0.196. The van der Waals surface area contributed by atoms with Crippen LogP contribution in [-0.2, 0) is 10.0 Å². The molecule has 0 aromatic carbocycles. The second-order valence-electron chi connectivity index (χ2n) is 6.09. The smallest absolute Gasteiger partial charge is 0.263 e. The molecule has 0 bridgehead atoms. The lowest BCUT2D eigenvalue weighted by molar-refractivity contribution is 0.0751. The Morgan fingerprint density at radius 3 is 2.65 bits per heavy atom. The predicted molar refractivity (Wildman–Crippen MR) is 93.3 cm³/mol. The number of rotatable bonds is 7. The van der Waals surface area contributed by atoms with Gasteiger partial charge in [-0.2, -0.15) is 4.31 Å². The van der Waals surface area contributed by atoms with Crippen LogP contribution in [0.25, 0.3) is 0 Å². The number of hydrogen-bond acceptors (Lipinski definition) is 5. The van der Waals surface area contributed by atoms with Gasteiger partial charge in [-0.15, -0.1) is 11.3 Å². The number of nitrogens with one attached hydrogen (secondary N) is 1. The lowest BCUT2D eigenvalue weighted by atomic mass is 10.2. The molecule has 23 heavy (non-hydrogen) atoms. The second-order valence-corrected chi connectivity index (χ2v) is 9.12. The first-order valence-electron chi connectivity index (χ1n) is 7.91. The second kappa shape index (κ2) is 8.23. The van der Waals surface area contributed by atoms with E-state index >= 15 is 0 Å². The predicted octanol–water partition coefficient (Wildman–Crippen LogP) is 1.08. The molecule has 2 rings (SSSR count). The number of hydrogen-bond donors (Lipinski definition) is 1. The van der Waals surface area contributed by atoms with Gasteiger partial charge in [-0.05, 0) is 17.4 Å². The molecule has 1 aliphatic heterocycles. The minimum atomic E-state index is -3.31. The lowest BCUT2D eigenvalue weighted by Gasteiger charge is -2.29. The molecule has 1 amide bonds. The molecule has 130 valence electrons. The summed E-state index contributed by atoms with van der Waals surface area (Å²) in [6.45, 7) is 7.23. The van der Waals surface area contributed by atoms with E-state index in [1.165, 1.54) is 15.6 Å². The topological polar surface area (TPSA) is 69.7 Å². The average Bonchev–Trinajstić information content (AvgIpc) is 3.05. The van der Waals surface area contributed by atoms with E-state index in [2.05, 4.69) is 5.32 Å². The summed E-state index contributed by atoms with van der Waals surface area (Å²) < 4.78 is 26.4. The molecule has 0 radical (unpaired) electrons. The van der Waals surface area contributed by atoms with Crippen LogP contribution in [0.4, 0.5) is 0 Å². The van der Waals surface area contributed by atoms with Crippen molar-refractivity contribution in [3.8, 4) is 0 Å². The maximum absolute atomic E-state index is 12.6. The molecule has 0 unspecified atom stereocenters. The van der Waals surface area contributed by atoms with Crippen molar-refractivity contribution in [2.75, 3.05) is 45.0 Å². The average molecular weight is 360 g/mol. The van der Waals surface area contributed by atoms with E-state index in [4.69, 9.17) is 0 Å². The van der Waals surface area contributed by atoms with E-state index in [0.29, 0.717) is 43.5 Å². The highest BCUT2D eigenvalue weighted by molar-refractivity contribution is 7.89. The first kappa shape index (κ1) is 18.4. The Morgan fingerprint density at radius 2 is 2.09 bits per heavy atom. The van der Waals surface area contributed by atoms with Gasteiger partial charge in [-0.3, -0.25) is 4.79 Å². The molecular formula is C15H25N3O3S2. The molecule has 8 heteroatoms. The van der Waals surface area contributed by atoms with Crippen molar-refractivity contribution in [3.05, 3.63) is 22.4 Å². The van der Waals surface area contributed by atoms with Gasteiger partial charge in [0.1, 0.15) is 0 Å². The Labute approximate surface area is 142 Å². The summed E-state index contributed by atoms with van der Waals surface area (Å²) >= 11 is 1.39. The quantitative estimate of drug-likeness (QED) is 0.791. The Kier molecular flexibility index (Phi) is 6.58. The summed E-state index contributed by atoms with van der Waals surface area (Å²) in [5.41, 5.74) is 0. The number of carbonyl (C=O) groups is 1. The van der Waals surface area contributed by atoms with Crippen LogP contribution in [0.15, 0.2) is 17.5 Å². The maximum atomic E-state index is 12.6. The highest BCUT2D eigenvalue weighted by atomic mass is 32.2. The summed E-state index contributed by atoms with van der Waals surface area (Å²) in [6.07, 6.45) is 0. The van der Waals surface area contributed by atoms with Gasteiger partial charge in [0.25, 0.3) is 5.91 Å². The molecule has 6 nitrogen and oxygen atoms in total. The van der Waals surface area contributed by atoms with Crippen LogP contribution in [-0.4, -0.2) is 68.6 Å². The number of nitrogens with zero attached hydrogens (tertiary/aromatic N) is 2. The minimum Gasteiger partial charge on any atom is -0.337 e. The van der Waals surface area contributed by atoms with Gasteiger partial charge in [0.05, 0.1) is 10.6 Å².